The predicted molar refractivity (Wildman–Crippen MR) is 151 cm³/mol. The summed E-state index contributed by atoms with van der Waals surface area (Å²) in [5, 5.41) is 6.39. The van der Waals surface area contributed by atoms with Crippen LogP contribution >= 0.6 is 34.3 Å². The Morgan fingerprint density at radius 1 is 1.05 bits per heavy atom. The van der Waals surface area contributed by atoms with Gasteiger partial charge in [0.05, 0.1) is 27.6 Å². The van der Waals surface area contributed by atoms with E-state index in [1.807, 2.05) is 60.8 Å². The molecular weight excluding hydrogens is 545 g/mol. The van der Waals surface area contributed by atoms with Gasteiger partial charge in [0, 0.05) is 17.0 Å². The van der Waals surface area contributed by atoms with Crippen molar-refractivity contribution in [3.05, 3.63) is 86.6 Å². The Labute approximate surface area is 233 Å². The Balaban J connectivity index is 1.29. The molecule has 0 radical (unpaired) electrons. The van der Waals surface area contributed by atoms with E-state index in [-0.39, 0.29) is 5.97 Å². The zero-order valence-corrected chi connectivity index (χ0v) is 23.1. The molecule has 2 aromatic heterocycles. The molecule has 5 nitrogen and oxygen atoms in total. The highest BCUT2D eigenvalue weighted by Crippen LogP contribution is 2.49. The molecule has 1 fully saturated rings. The summed E-state index contributed by atoms with van der Waals surface area (Å²) in [5.74, 6) is -0.154. The summed E-state index contributed by atoms with van der Waals surface area (Å²) >= 11 is 8.50. The highest BCUT2D eigenvalue weighted by atomic mass is 35.5. The minimum atomic E-state index is -0.688. The SMILES string of the molecule is CCOC(=O)C1(c2ccc(-c3ccc(-c4sc(F)cc4NC(=O)OC(C)c4cscc4Cl)cc3)cc2)CC1. The maximum Gasteiger partial charge on any atom is 0.412 e. The second kappa shape index (κ2) is 10.9. The van der Waals surface area contributed by atoms with Gasteiger partial charge >= 0.3 is 12.1 Å². The summed E-state index contributed by atoms with van der Waals surface area (Å²) in [6, 6.07) is 16.9. The number of hydrogen-bond donors (Lipinski definition) is 1. The van der Waals surface area contributed by atoms with Crippen LogP contribution in [0.2, 0.25) is 5.02 Å². The molecule has 2 heterocycles. The molecule has 1 atom stereocenters. The molecule has 2 aromatic carbocycles. The number of nitrogens with one attached hydrogen (secondary N) is 1. The van der Waals surface area contributed by atoms with Gasteiger partial charge < -0.3 is 9.47 Å². The van der Waals surface area contributed by atoms with E-state index in [0.29, 0.717) is 22.2 Å². The van der Waals surface area contributed by atoms with Crippen molar-refractivity contribution in [1.29, 1.82) is 0 Å². The smallest absolute Gasteiger partial charge is 0.412 e. The van der Waals surface area contributed by atoms with Gasteiger partial charge in [-0.1, -0.05) is 60.1 Å². The van der Waals surface area contributed by atoms with Crippen molar-refractivity contribution < 1.29 is 23.5 Å². The summed E-state index contributed by atoms with van der Waals surface area (Å²) in [6.45, 7) is 3.93. The Kier molecular flexibility index (Phi) is 7.56. The third-order valence-electron chi connectivity index (χ3n) is 6.64. The summed E-state index contributed by atoms with van der Waals surface area (Å²) in [6.07, 6.45) is 0.383. The monoisotopic (exact) mass is 569 g/mol. The molecule has 1 N–H and O–H groups in total. The molecule has 0 spiro atoms. The minimum absolute atomic E-state index is 0.154. The van der Waals surface area contributed by atoms with Gasteiger partial charge in [-0.05, 0) is 54.3 Å². The van der Waals surface area contributed by atoms with Crippen LogP contribution in [-0.2, 0) is 19.7 Å². The number of esters is 1. The second-order valence-electron chi connectivity index (χ2n) is 9.10. The number of halogens is 2. The lowest BCUT2D eigenvalue weighted by molar-refractivity contribution is -0.146. The van der Waals surface area contributed by atoms with Gasteiger partial charge in [-0.3, -0.25) is 10.1 Å². The first-order valence-corrected chi connectivity index (χ1v) is 14.3. The number of benzene rings is 2. The van der Waals surface area contributed by atoms with Crippen molar-refractivity contribution >= 4 is 52.0 Å². The maximum atomic E-state index is 14.2. The summed E-state index contributed by atoms with van der Waals surface area (Å²) < 4.78 is 24.9. The van der Waals surface area contributed by atoms with E-state index < -0.39 is 22.7 Å². The molecule has 1 aliphatic rings. The number of anilines is 1. The fourth-order valence-electron chi connectivity index (χ4n) is 4.41. The predicted octanol–water partition coefficient (Wildman–Crippen LogP) is 8.84. The topological polar surface area (TPSA) is 64.6 Å². The summed E-state index contributed by atoms with van der Waals surface area (Å²) in [7, 11) is 0. The largest absolute Gasteiger partial charge is 0.465 e. The quantitative estimate of drug-likeness (QED) is 0.215. The molecule has 4 aromatic rings. The zero-order valence-electron chi connectivity index (χ0n) is 20.8. The van der Waals surface area contributed by atoms with Crippen molar-refractivity contribution in [3.63, 3.8) is 0 Å². The number of hydrogen-bond acceptors (Lipinski definition) is 6. The molecule has 0 aliphatic heterocycles. The standard InChI is InChI=1S/C29H25ClFNO4S2/c1-3-35-27(33)29(12-13-29)21-10-8-19(9-11-21)18-4-6-20(7-5-18)26-24(14-25(31)38-26)32-28(34)36-17(2)22-15-37-16-23(22)30/h4-11,14-17H,3,12-13H2,1-2H3,(H,32,34). The lowest BCUT2D eigenvalue weighted by Gasteiger charge is -2.15. The van der Waals surface area contributed by atoms with Crippen LogP contribution in [0.4, 0.5) is 14.9 Å². The molecule has 9 heteroatoms. The molecule has 1 unspecified atom stereocenters. The average Bonchev–Trinajstić information content (AvgIpc) is 3.48. The van der Waals surface area contributed by atoms with Crippen LogP contribution in [0.5, 0.6) is 0 Å². The van der Waals surface area contributed by atoms with E-state index in [1.165, 1.54) is 17.4 Å². The number of ether oxygens (including phenoxy) is 2. The van der Waals surface area contributed by atoms with Gasteiger partial charge in [0.2, 0.25) is 0 Å². The lowest BCUT2D eigenvalue weighted by atomic mass is 9.93. The first-order valence-electron chi connectivity index (χ1n) is 12.2. The van der Waals surface area contributed by atoms with Crippen LogP contribution in [0.1, 0.15) is 43.9 Å². The van der Waals surface area contributed by atoms with E-state index in [2.05, 4.69) is 5.32 Å². The second-order valence-corrected chi connectivity index (χ2v) is 11.3. The molecule has 38 heavy (non-hydrogen) atoms. The first-order chi connectivity index (χ1) is 18.3. The highest BCUT2D eigenvalue weighted by molar-refractivity contribution is 7.14. The molecule has 0 saturated heterocycles. The van der Waals surface area contributed by atoms with Crippen LogP contribution < -0.4 is 5.32 Å². The van der Waals surface area contributed by atoms with Crippen LogP contribution in [0.15, 0.2) is 65.4 Å². The van der Waals surface area contributed by atoms with Gasteiger partial charge in [0.15, 0.2) is 5.13 Å². The highest BCUT2D eigenvalue weighted by Gasteiger charge is 2.52. The molecule has 1 aliphatic carbocycles. The van der Waals surface area contributed by atoms with E-state index in [0.717, 1.165) is 52.0 Å². The molecule has 1 saturated carbocycles. The fraction of sp³-hybridized carbons (Fsp3) is 0.241. The third kappa shape index (κ3) is 5.34. The number of rotatable bonds is 8. The maximum absolute atomic E-state index is 14.2. The van der Waals surface area contributed by atoms with E-state index in [4.69, 9.17) is 21.1 Å². The number of carbonyl (C=O) groups excluding carboxylic acids is 2. The zero-order chi connectivity index (χ0) is 26.9. The van der Waals surface area contributed by atoms with E-state index in [1.54, 1.807) is 12.3 Å². The van der Waals surface area contributed by atoms with Crippen molar-refractivity contribution in [2.45, 2.75) is 38.2 Å². The number of carbonyl (C=O) groups is 2. The van der Waals surface area contributed by atoms with Crippen molar-refractivity contribution in [1.82, 2.24) is 0 Å². The fourth-order valence-corrected chi connectivity index (χ4v) is 6.48. The molecule has 196 valence electrons. The van der Waals surface area contributed by atoms with E-state index in [9.17, 15) is 14.0 Å². The average molecular weight is 570 g/mol. The first kappa shape index (κ1) is 26.4. The van der Waals surface area contributed by atoms with Gasteiger partial charge in [-0.2, -0.15) is 15.7 Å². The van der Waals surface area contributed by atoms with Crippen LogP contribution in [0, 0.1) is 5.13 Å². The Morgan fingerprint density at radius 3 is 2.26 bits per heavy atom. The third-order valence-corrected chi connectivity index (χ3v) is 8.83. The Hall–Kier alpha value is -3.20. The Morgan fingerprint density at radius 2 is 1.68 bits per heavy atom. The number of thiophene rings is 2. The van der Waals surface area contributed by atoms with Gasteiger partial charge in [0.1, 0.15) is 6.10 Å². The van der Waals surface area contributed by atoms with Crippen LogP contribution in [-0.4, -0.2) is 18.7 Å². The normalized spacial score (nSPS) is 14.5. The number of amides is 1. The molecule has 0 bridgehead atoms. The van der Waals surface area contributed by atoms with Crippen molar-refractivity contribution in [2.75, 3.05) is 11.9 Å². The van der Waals surface area contributed by atoms with Gasteiger partial charge in [-0.25, -0.2) is 4.79 Å². The van der Waals surface area contributed by atoms with Crippen LogP contribution in [0.3, 0.4) is 0 Å². The van der Waals surface area contributed by atoms with Gasteiger partial charge in [0.25, 0.3) is 0 Å². The molecular formula is C29H25ClFNO4S2. The van der Waals surface area contributed by atoms with Gasteiger partial charge in [-0.15, -0.1) is 11.3 Å². The summed E-state index contributed by atoms with van der Waals surface area (Å²) in [5.41, 5.74) is 4.28. The lowest BCUT2D eigenvalue weighted by Crippen LogP contribution is -2.23. The van der Waals surface area contributed by atoms with Crippen LogP contribution in [0.25, 0.3) is 21.6 Å². The molecule has 1 amide bonds. The summed E-state index contributed by atoms with van der Waals surface area (Å²) in [4.78, 5) is 25.5. The Bertz CT molecular complexity index is 1460. The van der Waals surface area contributed by atoms with Crippen molar-refractivity contribution in [3.8, 4) is 21.6 Å². The molecule has 5 rings (SSSR count). The minimum Gasteiger partial charge on any atom is -0.465 e. The van der Waals surface area contributed by atoms with Crippen molar-refractivity contribution in [2.24, 2.45) is 0 Å². The van der Waals surface area contributed by atoms with E-state index >= 15 is 0 Å².